The number of nitriles is 1. The number of nitrogens with one attached hydrogen (secondary N) is 1. The smallest absolute Gasteiger partial charge is 0.149 e. The van der Waals surface area contributed by atoms with Crippen molar-refractivity contribution in [2.45, 2.75) is 13.8 Å². The zero-order chi connectivity index (χ0) is 20.1. The van der Waals surface area contributed by atoms with Gasteiger partial charge in [0.25, 0.3) is 0 Å². The van der Waals surface area contributed by atoms with Gasteiger partial charge in [-0.15, -0.1) is 0 Å². The molecule has 1 heterocycles. The molecule has 0 fully saturated rings. The molecule has 0 amide bonds. The van der Waals surface area contributed by atoms with Gasteiger partial charge in [0.2, 0.25) is 0 Å². The Hall–Kier alpha value is -3.46. The van der Waals surface area contributed by atoms with Gasteiger partial charge in [-0.1, -0.05) is 0 Å². The van der Waals surface area contributed by atoms with E-state index >= 15 is 0 Å². The lowest BCUT2D eigenvalue weighted by atomic mass is 10.1. The lowest BCUT2D eigenvalue weighted by molar-refractivity contribution is 0.414. The molecule has 0 atom stereocenters. The molecule has 0 bridgehead atoms. The molecule has 28 heavy (non-hydrogen) atoms. The van der Waals surface area contributed by atoms with E-state index in [0.717, 1.165) is 46.9 Å². The average molecular weight is 376 g/mol. The van der Waals surface area contributed by atoms with Gasteiger partial charge >= 0.3 is 0 Å². The zero-order valence-corrected chi connectivity index (χ0v) is 16.6. The van der Waals surface area contributed by atoms with E-state index in [-0.39, 0.29) is 0 Å². The van der Waals surface area contributed by atoms with Crippen molar-refractivity contribution in [2.75, 3.05) is 32.2 Å². The van der Waals surface area contributed by atoms with Crippen LogP contribution in [0.25, 0.3) is 22.7 Å². The normalized spacial score (nSPS) is 11.3. The number of rotatable bonds is 7. The molecule has 0 aliphatic carbocycles. The molecule has 0 radical (unpaired) electrons. The number of aromatic nitrogens is 2. The topological polar surface area (TPSA) is 74.2 Å². The van der Waals surface area contributed by atoms with Crippen molar-refractivity contribution in [3.8, 4) is 17.6 Å². The number of ether oxygens (including phenoxy) is 2. The van der Waals surface area contributed by atoms with Crippen LogP contribution in [0.4, 0.5) is 5.69 Å². The number of anilines is 1. The van der Waals surface area contributed by atoms with Crippen LogP contribution in [-0.4, -0.2) is 37.3 Å². The fourth-order valence-corrected chi connectivity index (χ4v) is 3.16. The van der Waals surface area contributed by atoms with Crippen LogP contribution in [0.2, 0.25) is 0 Å². The van der Waals surface area contributed by atoms with Crippen molar-refractivity contribution in [3.63, 3.8) is 0 Å². The molecule has 6 nitrogen and oxygen atoms in total. The third kappa shape index (κ3) is 3.79. The molecule has 1 N–H and O–H groups in total. The van der Waals surface area contributed by atoms with Crippen LogP contribution in [0.3, 0.4) is 0 Å². The molecule has 0 aliphatic rings. The van der Waals surface area contributed by atoms with Crippen molar-refractivity contribution < 1.29 is 9.47 Å². The van der Waals surface area contributed by atoms with Crippen LogP contribution in [0, 0.1) is 11.3 Å². The van der Waals surface area contributed by atoms with Gasteiger partial charge in [0.05, 0.1) is 30.8 Å². The Morgan fingerprint density at radius 1 is 1.14 bits per heavy atom. The Bertz CT molecular complexity index is 1040. The number of hydrogen-bond donors (Lipinski definition) is 1. The summed E-state index contributed by atoms with van der Waals surface area (Å²) in [5.74, 6) is 1.97. The number of methoxy groups -OCH3 is 2. The van der Waals surface area contributed by atoms with Gasteiger partial charge < -0.3 is 19.4 Å². The van der Waals surface area contributed by atoms with Crippen LogP contribution in [-0.2, 0) is 0 Å². The maximum absolute atomic E-state index is 9.70. The van der Waals surface area contributed by atoms with Crippen molar-refractivity contribution >= 4 is 28.4 Å². The van der Waals surface area contributed by atoms with Crippen LogP contribution in [0.15, 0.2) is 36.4 Å². The second-order valence-electron chi connectivity index (χ2n) is 6.24. The molecule has 1 aromatic heterocycles. The minimum atomic E-state index is 0.434. The van der Waals surface area contributed by atoms with Crippen LogP contribution >= 0.6 is 0 Å². The largest absolute Gasteiger partial charge is 0.497 e. The van der Waals surface area contributed by atoms with Gasteiger partial charge in [-0.25, -0.2) is 4.98 Å². The van der Waals surface area contributed by atoms with Crippen LogP contribution in [0.5, 0.6) is 11.5 Å². The van der Waals surface area contributed by atoms with Gasteiger partial charge in [-0.3, -0.25) is 0 Å². The van der Waals surface area contributed by atoms with Crippen molar-refractivity contribution in [1.29, 1.82) is 5.26 Å². The molecule has 0 saturated heterocycles. The summed E-state index contributed by atoms with van der Waals surface area (Å²) in [5, 5.41) is 9.70. The standard InChI is InChI=1S/C22H24N4O2/c1-5-26(6-2)17-8-7-15(21(12-17)28-4)11-16(14-23)22-24-19-10-9-18(27-3)13-20(19)25-22/h7-13H,5-6H2,1-4H3,(H,24,25)/b16-11-. The van der Waals surface area contributed by atoms with E-state index in [1.165, 1.54) is 0 Å². The van der Waals surface area contributed by atoms with Gasteiger partial charge in [-0.05, 0) is 44.2 Å². The molecule has 144 valence electrons. The molecule has 0 spiro atoms. The number of imidazole rings is 1. The quantitative estimate of drug-likeness (QED) is 0.615. The molecule has 0 unspecified atom stereocenters. The second kappa shape index (κ2) is 8.49. The minimum absolute atomic E-state index is 0.434. The van der Waals surface area contributed by atoms with E-state index in [1.54, 1.807) is 20.3 Å². The summed E-state index contributed by atoms with van der Waals surface area (Å²) in [5.41, 5.74) is 3.95. The predicted molar refractivity (Wildman–Crippen MR) is 113 cm³/mol. The first-order valence-corrected chi connectivity index (χ1v) is 9.22. The molecule has 3 aromatic rings. The zero-order valence-electron chi connectivity index (χ0n) is 16.6. The van der Waals surface area contributed by atoms with Gasteiger partial charge in [0.1, 0.15) is 23.4 Å². The summed E-state index contributed by atoms with van der Waals surface area (Å²) in [6, 6.07) is 13.8. The highest BCUT2D eigenvalue weighted by Gasteiger charge is 2.12. The molecule has 6 heteroatoms. The maximum Gasteiger partial charge on any atom is 0.149 e. The fraction of sp³-hybridized carbons (Fsp3) is 0.273. The Labute approximate surface area is 165 Å². The van der Waals surface area contributed by atoms with Crippen molar-refractivity contribution in [1.82, 2.24) is 9.97 Å². The highest BCUT2D eigenvalue weighted by molar-refractivity contribution is 5.91. The number of aromatic amines is 1. The van der Waals surface area contributed by atoms with E-state index in [9.17, 15) is 5.26 Å². The Morgan fingerprint density at radius 3 is 2.57 bits per heavy atom. The summed E-state index contributed by atoms with van der Waals surface area (Å²) in [4.78, 5) is 9.97. The van der Waals surface area contributed by atoms with Crippen molar-refractivity contribution in [2.24, 2.45) is 0 Å². The third-order valence-electron chi connectivity index (χ3n) is 4.71. The molecule has 0 aliphatic heterocycles. The highest BCUT2D eigenvalue weighted by Crippen LogP contribution is 2.29. The van der Waals surface area contributed by atoms with Crippen molar-refractivity contribution in [3.05, 3.63) is 47.8 Å². The fourth-order valence-electron chi connectivity index (χ4n) is 3.16. The van der Waals surface area contributed by atoms with Gasteiger partial charge in [0.15, 0.2) is 0 Å². The molecule has 2 aromatic carbocycles. The number of benzene rings is 2. The van der Waals surface area contributed by atoms with E-state index in [4.69, 9.17) is 9.47 Å². The summed E-state index contributed by atoms with van der Waals surface area (Å²) in [6.45, 7) is 6.07. The third-order valence-corrected chi connectivity index (χ3v) is 4.71. The Kier molecular flexibility index (Phi) is 5.85. The first kappa shape index (κ1) is 19.3. The maximum atomic E-state index is 9.70. The Balaban J connectivity index is 2.02. The summed E-state index contributed by atoms with van der Waals surface area (Å²) in [6.07, 6.45) is 1.79. The summed E-state index contributed by atoms with van der Waals surface area (Å²) >= 11 is 0. The molecule has 0 saturated carbocycles. The summed E-state index contributed by atoms with van der Waals surface area (Å²) in [7, 11) is 3.26. The van der Waals surface area contributed by atoms with Crippen LogP contribution < -0.4 is 14.4 Å². The molecule has 3 rings (SSSR count). The number of hydrogen-bond acceptors (Lipinski definition) is 5. The predicted octanol–water partition coefficient (Wildman–Crippen LogP) is 4.49. The van der Waals surface area contributed by atoms with E-state index < -0.39 is 0 Å². The SMILES string of the molecule is CCN(CC)c1ccc(/C=C(/C#N)c2nc3ccc(OC)cc3[nH]2)c(OC)c1. The first-order valence-electron chi connectivity index (χ1n) is 9.22. The first-order chi connectivity index (χ1) is 13.6. The lowest BCUT2D eigenvalue weighted by Crippen LogP contribution is -2.21. The summed E-state index contributed by atoms with van der Waals surface area (Å²) < 4.78 is 10.8. The van der Waals surface area contributed by atoms with Gasteiger partial charge in [0, 0.05) is 36.5 Å². The second-order valence-corrected chi connectivity index (χ2v) is 6.24. The number of fused-ring (bicyclic) bond motifs is 1. The monoisotopic (exact) mass is 376 g/mol. The number of nitrogens with zero attached hydrogens (tertiary/aromatic N) is 3. The lowest BCUT2D eigenvalue weighted by Gasteiger charge is -2.22. The van der Waals surface area contributed by atoms with E-state index in [1.807, 2.05) is 36.4 Å². The van der Waals surface area contributed by atoms with Crippen LogP contribution in [0.1, 0.15) is 25.2 Å². The molecular formula is C22H24N4O2. The highest BCUT2D eigenvalue weighted by atomic mass is 16.5. The number of H-pyrrole nitrogens is 1. The minimum Gasteiger partial charge on any atom is -0.497 e. The Morgan fingerprint density at radius 2 is 1.93 bits per heavy atom. The number of allylic oxidation sites excluding steroid dienone is 1. The van der Waals surface area contributed by atoms with E-state index in [0.29, 0.717) is 11.4 Å². The average Bonchev–Trinajstić information content (AvgIpc) is 3.16. The van der Waals surface area contributed by atoms with E-state index in [2.05, 4.69) is 34.8 Å². The molecular weight excluding hydrogens is 352 g/mol. The van der Waals surface area contributed by atoms with Gasteiger partial charge in [-0.2, -0.15) is 5.26 Å².